The highest BCUT2D eigenvalue weighted by atomic mass is 16.6. The van der Waals surface area contributed by atoms with E-state index in [9.17, 15) is 4.79 Å². The lowest BCUT2D eigenvalue weighted by Gasteiger charge is -1.97. The third-order valence-corrected chi connectivity index (χ3v) is 3.10. The van der Waals surface area contributed by atoms with Gasteiger partial charge in [-0.3, -0.25) is 4.79 Å². The zero-order valence-electron chi connectivity index (χ0n) is 10.3. The van der Waals surface area contributed by atoms with Gasteiger partial charge in [-0.05, 0) is 23.8 Å². The van der Waals surface area contributed by atoms with Crippen molar-refractivity contribution >= 4 is 12.2 Å². The molecule has 0 bridgehead atoms. The van der Waals surface area contributed by atoms with Gasteiger partial charge in [0.25, 0.3) is 0 Å². The number of hydrogen-bond donors (Lipinski definition) is 1. The molecule has 1 rings (SSSR count). The van der Waals surface area contributed by atoms with Gasteiger partial charge in [-0.25, -0.2) is 0 Å². The van der Waals surface area contributed by atoms with Gasteiger partial charge in [0.15, 0.2) is 6.61 Å². The minimum atomic E-state index is -0.746. The van der Waals surface area contributed by atoms with Crippen LogP contribution in [0.1, 0.15) is 20.8 Å². The monoisotopic (exact) mass is 235 g/mol. The maximum atomic E-state index is 11.0. The van der Waals surface area contributed by atoms with Crippen molar-refractivity contribution in [3.8, 4) is 12.3 Å². The van der Waals surface area contributed by atoms with Crippen LogP contribution >= 0.6 is 0 Å². The van der Waals surface area contributed by atoms with E-state index in [0.717, 1.165) is 5.57 Å². The van der Waals surface area contributed by atoms with Crippen LogP contribution in [0.25, 0.3) is 0 Å². The van der Waals surface area contributed by atoms with Crippen LogP contribution in [0.3, 0.4) is 0 Å². The predicted molar refractivity (Wildman–Crippen MR) is 65.4 cm³/mol. The fourth-order valence-corrected chi connectivity index (χ4v) is 1.98. The summed E-state index contributed by atoms with van der Waals surface area (Å²) in [6, 6.07) is 0. The molecule has 17 heavy (non-hydrogen) atoms. The SMILES string of the molecule is C#CCO/N=C/C(C)=C/[C@@H]1[C@@H](C(=O)O)C1(C)C. The van der Waals surface area contributed by atoms with Crippen molar-refractivity contribution in [2.24, 2.45) is 22.4 Å². The van der Waals surface area contributed by atoms with Crippen LogP contribution in [-0.2, 0) is 9.63 Å². The first kappa shape index (κ1) is 13.3. The molecule has 0 saturated heterocycles. The Balaban J connectivity index is 2.57. The average Bonchev–Trinajstić information content (AvgIpc) is 2.75. The molecule has 2 atom stereocenters. The molecule has 1 aliphatic carbocycles. The number of oxime groups is 1. The molecule has 1 fully saturated rings. The minimum absolute atomic E-state index is 0.0547. The Morgan fingerprint density at radius 1 is 1.65 bits per heavy atom. The molecule has 0 spiro atoms. The first-order chi connectivity index (χ1) is 7.91. The molecule has 0 aromatic carbocycles. The van der Waals surface area contributed by atoms with E-state index >= 15 is 0 Å². The number of carboxylic acid groups (broad SMARTS) is 1. The van der Waals surface area contributed by atoms with Gasteiger partial charge >= 0.3 is 5.97 Å². The smallest absolute Gasteiger partial charge is 0.307 e. The van der Waals surface area contributed by atoms with E-state index < -0.39 is 5.97 Å². The molecule has 0 heterocycles. The summed E-state index contributed by atoms with van der Waals surface area (Å²) in [5, 5.41) is 12.7. The molecular formula is C13H17NO3. The second-order valence-corrected chi connectivity index (χ2v) is 4.79. The third kappa shape index (κ3) is 3.10. The Hall–Kier alpha value is -1.76. The number of aliphatic carboxylic acids is 1. The van der Waals surface area contributed by atoms with E-state index in [1.165, 1.54) is 0 Å². The summed E-state index contributed by atoms with van der Waals surface area (Å²) in [5.74, 6) is 1.30. The van der Waals surface area contributed by atoms with E-state index in [1.54, 1.807) is 6.21 Å². The normalized spacial score (nSPS) is 26.6. The zero-order chi connectivity index (χ0) is 13.1. The summed E-state index contributed by atoms with van der Waals surface area (Å²) in [4.78, 5) is 15.7. The van der Waals surface area contributed by atoms with E-state index in [-0.39, 0.29) is 23.9 Å². The van der Waals surface area contributed by atoms with Gasteiger partial charge in [0.1, 0.15) is 0 Å². The van der Waals surface area contributed by atoms with Crippen molar-refractivity contribution in [3.05, 3.63) is 11.6 Å². The van der Waals surface area contributed by atoms with E-state index in [4.69, 9.17) is 16.4 Å². The molecule has 0 amide bonds. The quantitative estimate of drug-likeness (QED) is 0.343. The van der Waals surface area contributed by atoms with Gasteiger partial charge in [0.2, 0.25) is 0 Å². The minimum Gasteiger partial charge on any atom is -0.481 e. The van der Waals surface area contributed by atoms with Crippen LogP contribution < -0.4 is 0 Å². The van der Waals surface area contributed by atoms with Crippen LogP contribution in [0, 0.1) is 29.6 Å². The molecule has 4 heteroatoms. The molecule has 0 aromatic rings. The van der Waals surface area contributed by atoms with Crippen molar-refractivity contribution in [1.29, 1.82) is 0 Å². The van der Waals surface area contributed by atoms with Crippen LogP contribution in [0.4, 0.5) is 0 Å². The van der Waals surface area contributed by atoms with Gasteiger partial charge < -0.3 is 9.94 Å². The van der Waals surface area contributed by atoms with Crippen molar-refractivity contribution < 1.29 is 14.7 Å². The summed E-state index contributed by atoms with van der Waals surface area (Å²) >= 11 is 0. The van der Waals surface area contributed by atoms with Gasteiger partial charge in [-0.2, -0.15) is 0 Å². The van der Waals surface area contributed by atoms with Gasteiger partial charge in [0.05, 0.1) is 12.1 Å². The molecule has 0 aromatic heterocycles. The van der Waals surface area contributed by atoms with Crippen molar-refractivity contribution in [3.63, 3.8) is 0 Å². The molecule has 1 N–H and O–H groups in total. The van der Waals surface area contributed by atoms with E-state index in [0.29, 0.717) is 0 Å². The lowest BCUT2D eigenvalue weighted by atomic mass is 10.1. The zero-order valence-corrected chi connectivity index (χ0v) is 10.3. The number of rotatable bonds is 5. The highest BCUT2D eigenvalue weighted by Crippen LogP contribution is 2.59. The van der Waals surface area contributed by atoms with Gasteiger partial charge in [0, 0.05) is 0 Å². The summed E-state index contributed by atoms with van der Waals surface area (Å²) in [5.41, 5.74) is 0.699. The molecule has 92 valence electrons. The third-order valence-electron chi connectivity index (χ3n) is 3.10. The van der Waals surface area contributed by atoms with Crippen molar-refractivity contribution in [1.82, 2.24) is 0 Å². The molecule has 0 unspecified atom stereocenters. The van der Waals surface area contributed by atoms with Crippen LogP contribution in [0.2, 0.25) is 0 Å². The summed E-state index contributed by atoms with van der Waals surface area (Å²) in [6.45, 7) is 5.89. The van der Waals surface area contributed by atoms with E-state index in [1.807, 2.05) is 26.8 Å². The maximum Gasteiger partial charge on any atom is 0.307 e. The second-order valence-electron chi connectivity index (χ2n) is 4.79. The second kappa shape index (κ2) is 5.05. The Bertz CT molecular complexity index is 401. The van der Waals surface area contributed by atoms with Crippen molar-refractivity contribution in [2.45, 2.75) is 20.8 Å². The lowest BCUT2D eigenvalue weighted by Crippen LogP contribution is -2.03. The number of terminal acetylenes is 1. The van der Waals surface area contributed by atoms with Gasteiger partial charge in [-0.1, -0.05) is 31.0 Å². The Kier molecular flexibility index (Phi) is 3.95. The van der Waals surface area contributed by atoms with E-state index in [2.05, 4.69) is 11.1 Å². The van der Waals surface area contributed by atoms with Crippen LogP contribution in [0.15, 0.2) is 16.8 Å². The average molecular weight is 235 g/mol. The Morgan fingerprint density at radius 2 is 2.29 bits per heavy atom. The maximum absolute atomic E-state index is 11.0. The van der Waals surface area contributed by atoms with Crippen LogP contribution in [-0.4, -0.2) is 23.9 Å². The Morgan fingerprint density at radius 3 is 2.76 bits per heavy atom. The molecular weight excluding hydrogens is 218 g/mol. The highest BCUT2D eigenvalue weighted by Gasteiger charge is 2.60. The molecule has 1 aliphatic rings. The number of allylic oxidation sites excluding steroid dienone is 2. The summed E-state index contributed by atoms with van der Waals surface area (Å²) < 4.78 is 0. The first-order valence-corrected chi connectivity index (χ1v) is 5.41. The predicted octanol–water partition coefficient (Wildman–Crippen LogP) is 1.93. The fraction of sp³-hybridized carbons (Fsp3) is 0.538. The largest absolute Gasteiger partial charge is 0.481 e. The Labute approximate surface area is 101 Å². The fourth-order valence-electron chi connectivity index (χ4n) is 1.98. The lowest BCUT2D eigenvalue weighted by molar-refractivity contribution is -0.139. The number of hydrogen-bond acceptors (Lipinski definition) is 3. The first-order valence-electron chi connectivity index (χ1n) is 5.41. The molecule has 0 radical (unpaired) electrons. The summed E-state index contributed by atoms with van der Waals surface area (Å²) in [6.07, 6.45) is 8.46. The van der Waals surface area contributed by atoms with Crippen molar-refractivity contribution in [2.75, 3.05) is 6.61 Å². The van der Waals surface area contributed by atoms with Crippen LogP contribution in [0.5, 0.6) is 0 Å². The summed E-state index contributed by atoms with van der Waals surface area (Å²) in [7, 11) is 0. The number of carbonyl (C=O) groups is 1. The standard InChI is InChI=1S/C13H17NO3/c1-5-6-17-14-8-9(2)7-10-11(12(15)16)13(10,3)4/h1,7-8,10-11H,6H2,2-4H3,(H,15,16)/b9-7+,14-8+/t10-,11+/m1/s1. The highest BCUT2D eigenvalue weighted by molar-refractivity contribution is 5.80. The molecule has 1 saturated carbocycles. The van der Waals surface area contributed by atoms with Gasteiger partial charge in [-0.15, -0.1) is 6.42 Å². The topological polar surface area (TPSA) is 58.9 Å². The molecule has 4 nitrogen and oxygen atoms in total. The molecule has 0 aliphatic heterocycles. The number of nitrogens with zero attached hydrogens (tertiary/aromatic N) is 1. The number of carboxylic acids is 1.